The third kappa shape index (κ3) is 45.4. The summed E-state index contributed by atoms with van der Waals surface area (Å²) < 4.78 is 16.7. The highest BCUT2D eigenvalue weighted by atomic mass is 16.6. The van der Waals surface area contributed by atoms with E-state index in [2.05, 4.69) is 106 Å². The Kier molecular flexibility index (Phi) is 45.1. The number of ether oxygens (including phenoxy) is 3. The molecule has 0 aromatic heterocycles. The van der Waals surface area contributed by atoms with Gasteiger partial charge < -0.3 is 14.2 Å². The zero-order valence-electron chi connectivity index (χ0n) is 38.7. The van der Waals surface area contributed by atoms with Gasteiger partial charge in [-0.1, -0.05) is 182 Å². The molecule has 60 heavy (non-hydrogen) atoms. The van der Waals surface area contributed by atoms with E-state index in [0.29, 0.717) is 19.3 Å². The fourth-order valence-electron chi connectivity index (χ4n) is 6.23. The maximum atomic E-state index is 12.7. The monoisotopic (exact) mass is 833 g/mol. The average molecular weight is 833 g/mol. The van der Waals surface area contributed by atoms with Crippen LogP contribution in [0.15, 0.2) is 97.2 Å². The summed E-state index contributed by atoms with van der Waals surface area (Å²) in [4.78, 5) is 37.8. The Bertz CT molecular complexity index is 1230. The highest BCUT2D eigenvalue weighted by Gasteiger charge is 2.19. The summed E-state index contributed by atoms with van der Waals surface area (Å²) in [5, 5.41) is 0. The number of unbranched alkanes of at least 4 members (excludes halogenated alkanes) is 15. The first-order valence-electron chi connectivity index (χ1n) is 24.2. The molecule has 1 unspecified atom stereocenters. The first kappa shape index (κ1) is 56.3. The van der Waals surface area contributed by atoms with Crippen LogP contribution in [-0.2, 0) is 28.6 Å². The Morgan fingerprint density at radius 2 is 0.683 bits per heavy atom. The molecule has 0 aliphatic heterocycles. The predicted molar refractivity (Wildman–Crippen MR) is 256 cm³/mol. The lowest BCUT2D eigenvalue weighted by atomic mass is 10.1. The SMILES string of the molecule is CC/C=C\C/C=C\C/C=C\C/C=C\CCC(=O)OC(COC(=O)CCCCCCC/C=C\CCCCC)COC(=O)CCCCCCCCC/C=C\C/C=C\C/C=C\CC. The van der Waals surface area contributed by atoms with E-state index < -0.39 is 12.1 Å². The zero-order chi connectivity index (χ0) is 43.7. The van der Waals surface area contributed by atoms with E-state index in [0.717, 1.165) is 103 Å². The normalized spacial score (nSPS) is 12.9. The van der Waals surface area contributed by atoms with Crippen LogP contribution in [-0.4, -0.2) is 37.2 Å². The van der Waals surface area contributed by atoms with Gasteiger partial charge >= 0.3 is 17.9 Å². The maximum Gasteiger partial charge on any atom is 0.306 e. The van der Waals surface area contributed by atoms with E-state index in [-0.39, 0.29) is 31.6 Å². The lowest BCUT2D eigenvalue weighted by Crippen LogP contribution is -2.30. The number of carbonyl (C=O) groups is 3. The van der Waals surface area contributed by atoms with Crippen LogP contribution in [0.2, 0.25) is 0 Å². The molecule has 0 saturated carbocycles. The van der Waals surface area contributed by atoms with Gasteiger partial charge in [-0.2, -0.15) is 0 Å². The largest absolute Gasteiger partial charge is 0.462 e. The Hall–Kier alpha value is -3.67. The van der Waals surface area contributed by atoms with Gasteiger partial charge in [-0.3, -0.25) is 14.4 Å². The molecule has 0 saturated heterocycles. The molecule has 0 radical (unpaired) electrons. The molecule has 0 fully saturated rings. The minimum atomic E-state index is -0.822. The van der Waals surface area contributed by atoms with Gasteiger partial charge in [0.2, 0.25) is 0 Å². The molecule has 0 aliphatic rings. The summed E-state index contributed by atoms with van der Waals surface area (Å²) in [7, 11) is 0. The zero-order valence-corrected chi connectivity index (χ0v) is 38.7. The van der Waals surface area contributed by atoms with Crippen LogP contribution in [0, 0.1) is 0 Å². The highest BCUT2D eigenvalue weighted by Crippen LogP contribution is 2.13. The van der Waals surface area contributed by atoms with Gasteiger partial charge in [0.1, 0.15) is 13.2 Å². The minimum absolute atomic E-state index is 0.115. The van der Waals surface area contributed by atoms with E-state index in [1.807, 2.05) is 12.2 Å². The molecule has 0 heterocycles. The summed E-state index contributed by atoms with van der Waals surface area (Å²) >= 11 is 0. The van der Waals surface area contributed by atoms with Crippen molar-refractivity contribution in [3.8, 4) is 0 Å². The molecule has 0 aliphatic carbocycles. The van der Waals surface area contributed by atoms with Crippen LogP contribution in [0.25, 0.3) is 0 Å². The van der Waals surface area contributed by atoms with Crippen molar-refractivity contribution in [2.24, 2.45) is 0 Å². The number of esters is 3. The van der Waals surface area contributed by atoms with Gasteiger partial charge in [0.15, 0.2) is 6.10 Å². The number of hydrogen-bond acceptors (Lipinski definition) is 6. The van der Waals surface area contributed by atoms with Crippen molar-refractivity contribution in [1.82, 2.24) is 0 Å². The van der Waals surface area contributed by atoms with Crippen LogP contribution in [0.4, 0.5) is 0 Å². The summed E-state index contributed by atoms with van der Waals surface area (Å²) in [5.41, 5.74) is 0. The summed E-state index contributed by atoms with van der Waals surface area (Å²) in [6, 6.07) is 0. The van der Waals surface area contributed by atoms with Crippen molar-refractivity contribution in [2.45, 2.75) is 213 Å². The van der Waals surface area contributed by atoms with Gasteiger partial charge in [-0.15, -0.1) is 0 Å². The third-order valence-electron chi connectivity index (χ3n) is 9.82. The Balaban J connectivity index is 4.49. The summed E-state index contributed by atoms with van der Waals surface area (Å²) in [6.07, 6.45) is 62.6. The van der Waals surface area contributed by atoms with Gasteiger partial charge in [-0.25, -0.2) is 0 Å². The molecule has 1 atom stereocenters. The molecule has 0 amide bonds. The molecular weight excluding hydrogens is 745 g/mol. The Morgan fingerprint density at radius 1 is 0.350 bits per heavy atom. The highest BCUT2D eigenvalue weighted by molar-refractivity contribution is 5.71. The van der Waals surface area contributed by atoms with Crippen molar-refractivity contribution in [3.05, 3.63) is 97.2 Å². The molecule has 6 nitrogen and oxygen atoms in total. The molecule has 0 spiro atoms. The second-order valence-corrected chi connectivity index (χ2v) is 15.6. The van der Waals surface area contributed by atoms with Crippen molar-refractivity contribution < 1.29 is 28.6 Å². The molecule has 0 bridgehead atoms. The molecule has 6 heteroatoms. The topological polar surface area (TPSA) is 78.9 Å². The van der Waals surface area contributed by atoms with E-state index >= 15 is 0 Å². The molecule has 340 valence electrons. The van der Waals surface area contributed by atoms with Gasteiger partial charge in [-0.05, 0) is 103 Å². The lowest BCUT2D eigenvalue weighted by molar-refractivity contribution is -0.166. The predicted octanol–water partition coefficient (Wildman–Crippen LogP) is 15.8. The quantitative estimate of drug-likeness (QED) is 0.0264. The molecule has 0 N–H and O–H groups in total. The van der Waals surface area contributed by atoms with Crippen LogP contribution in [0.3, 0.4) is 0 Å². The van der Waals surface area contributed by atoms with Crippen molar-refractivity contribution >= 4 is 17.9 Å². The van der Waals surface area contributed by atoms with Gasteiger partial charge in [0.25, 0.3) is 0 Å². The summed E-state index contributed by atoms with van der Waals surface area (Å²) in [6.45, 7) is 6.29. The number of hydrogen-bond donors (Lipinski definition) is 0. The van der Waals surface area contributed by atoms with Crippen LogP contribution in [0.5, 0.6) is 0 Å². The van der Waals surface area contributed by atoms with Crippen molar-refractivity contribution in [2.75, 3.05) is 13.2 Å². The van der Waals surface area contributed by atoms with E-state index in [4.69, 9.17) is 14.2 Å². The first-order chi connectivity index (χ1) is 29.5. The number of allylic oxidation sites excluding steroid dienone is 16. The minimum Gasteiger partial charge on any atom is -0.462 e. The maximum absolute atomic E-state index is 12.7. The Morgan fingerprint density at radius 3 is 1.10 bits per heavy atom. The first-order valence-corrected chi connectivity index (χ1v) is 24.2. The number of carbonyl (C=O) groups excluding carboxylic acids is 3. The third-order valence-corrected chi connectivity index (χ3v) is 9.82. The van der Waals surface area contributed by atoms with E-state index in [1.165, 1.54) is 57.8 Å². The number of rotatable bonds is 42. The lowest BCUT2D eigenvalue weighted by Gasteiger charge is -2.18. The van der Waals surface area contributed by atoms with Crippen LogP contribution in [0.1, 0.15) is 207 Å². The molecule has 0 aromatic rings. The van der Waals surface area contributed by atoms with Crippen LogP contribution >= 0.6 is 0 Å². The van der Waals surface area contributed by atoms with Crippen LogP contribution < -0.4 is 0 Å². The van der Waals surface area contributed by atoms with Crippen molar-refractivity contribution in [3.63, 3.8) is 0 Å². The second-order valence-electron chi connectivity index (χ2n) is 15.6. The molecule has 0 aromatic carbocycles. The van der Waals surface area contributed by atoms with E-state index in [9.17, 15) is 14.4 Å². The Labute approximate surface area is 368 Å². The van der Waals surface area contributed by atoms with Crippen molar-refractivity contribution in [1.29, 1.82) is 0 Å². The average Bonchev–Trinajstić information content (AvgIpc) is 3.24. The van der Waals surface area contributed by atoms with Gasteiger partial charge in [0, 0.05) is 19.3 Å². The smallest absolute Gasteiger partial charge is 0.306 e. The molecule has 0 rings (SSSR count). The standard InChI is InChI=1S/C54H88O6/c1-4-7-10-13-16-19-22-25-26-27-28-30-32-35-38-41-44-47-53(56)59-50-51(49-58-52(55)46-43-40-37-34-31-24-21-18-15-12-9-6-3)60-54(57)48-45-42-39-36-33-29-23-20-17-14-11-8-5-2/h7-8,10-11,16-21,25-26,29,33,39,42,51H,4-6,9,12-15,22-24,27-28,30-32,34-38,40-41,43-50H2,1-3H3/b10-7-,11-8-,19-16-,20-17-,21-18-,26-25-,33-29-,42-39-. The summed E-state index contributed by atoms with van der Waals surface area (Å²) in [5.74, 6) is -1.02. The van der Waals surface area contributed by atoms with E-state index in [1.54, 1.807) is 0 Å². The van der Waals surface area contributed by atoms with Gasteiger partial charge in [0.05, 0.1) is 0 Å². The molecular formula is C54H88O6. The second kappa shape index (κ2) is 48.0. The fraction of sp³-hybridized carbons (Fsp3) is 0.648. The fourth-order valence-corrected chi connectivity index (χ4v) is 6.23.